The number of nitrogens with one attached hydrogen (secondary N) is 1. The molecule has 0 heterocycles. The monoisotopic (exact) mass is 252 g/mol. The standard InChI is InChI=1S/C13H20N2O3/c1-13(12(14)16,8-9-17-2)15-10-4-6-11(18-3)7-5-10/h4-7,15H,8-9H2,1-3H3,(H2,14,16). The van der Waals surface area contributed by atoms with Gasteiger partial charge in [-0.15, -0.1) is 0 Å². The van der Waals surface area contributed by atoms with Crippen molar-refractivity contribution in [3.05, 3.63) is 24.3 Å². The molecule has 0 aromatic heterocycles. The van der Waals surface area contributed by atoms with Gasteiger partial charge in [0.2, 0.25) is 5.91 Å². The molecule has 0 saturated heterocycles. The molecule has 5 nitrogen and oxygen atoms in total. The molecule has 0 radical (unpaired) electrons. The Morgan fingerprint density at radius 2 is 1.94 bits per heavy atom. The van der Waals surface area contributed by atoms with E-state index < -0.39 is 11.4 Å². The highest BCUT2D eigenvalue weighted by atomic mass is 16.5. The number of hydrogen-bond acceptors (Lipinski definition) is 4. The number of ether oxygens (including phenoxy) is 2. The number of benzene rings is 1. The minimum Gasteiger partial charge on any atom is -0.497 e. The fraction of sp³-hybridized carbons (Fsp3) is 0.462. The number of primary amides is 1. The van der Waals surface area contributed by atoms with Crippen molar-refractivity contribution >= 4 is 11.6 Å². The zero-order chi connectivity index (χ0) is 13.6. The average Bonchev–Trinajstić information content (AvgIpc) is 2.37. The van der Waals surface area contributed by atoms with Crippen LogP contribution in [0.2, 0.25) is 0 Å². The van der Waals surface area contributed by atoms with E-state index in [1.807, 2.05) is 24.3 Å². The summed E-state index contributed by atoms with van der Waals surface area (Å²) in [6.45, 7) is 2.22. The Hall–Kier alpha value is -1.75. The van der Waals surface area contributed by atoms with Crippen LogP contribution in [0.25, 0.3) is 0 Å². The molecule has 18 heavy (non-hydrogen) atoms. The summed E-state index contributed by atoms with van der Waals surface area (Å²) in [6.07, 6.45) is 0.505. The van der Waals surface area contributed by atoms with Gasteiger partial charge >= 0.3 is 0 Å². The van der Waals surface area contributed by atoms with E-state index in [0.29, 0.717) is 13.0 Å². The van der Waals surface area contributed by atoms with Crippen LogP contribution in [0, 0.1) is 0 Å². The van der Waals surface area contributed by atoms with Gasteiger partial charge in [-0.25, -0.2) is 0 Å². The molecule has 1 rings (SSSR count). The van der Waals surface area contributed by atoms with E-state index in [1.165, 1.54) is 0 Å². The molecule has 0 aliphatic carbocycles. The maximum absolute atomic E-state index is 11.5. The number of carbonyl (C=O) groups is 1. The first-order chi connectivity index (χ1) is 8.51. The highest BCUT2D eigenvalue weighted by molar-refractivity contribution is 5.87. The summed E-state index contributed by atoms with van der Waals surface area (Å²) in [5.41, 5.74) is 5.42. The maximum Gasteiger partial charge on any atom is 0.242 e. The van der Waals surface area contributed by atoms with Gasteiger partial charge in [0.1, 0.15) is 11.3 Å². The lowest BCUT2D eigenvalue weighted by molar-refractivity contribution is -0.122. The number of anilines is 1. The summed E-state index contributed by atoms with van der Waals surface area (Å²) in [6, 6.07) is 7.32. The third-order valence-electron chi connectivity index (χ3n) is 2.86. The van der Waals surface area contributed by atoms with E-state index in [-0.39, 0.29) is 0 Å². The van der Waals surface area contributed by atoms with Gasteiger partial charge in [0.05, 0.1) is 7.11 Å². The molecule has 5 heteroatoms. The van der Waals surface area contributed by atoms with Crippen molar-refractivity contribution in [2.45, 2.75) is 18.9 Å². The van der Waals surface area contributed by atoms with Crippen LogP contribution in [0.5, 0.6) is 5.75 Å². The molecule has 100 valence electrons. The van der Waals surface area contributed by atoms with Crippen LogP contribution in [0.3, 0.4) is 0 Å². The van der Waals surface area contributed by atoms with E-state index in [2.05, 4.69) is 5.32 Å². The Labute approximate surface area is 107 Å². The largest absolute Gasteiger partial charge is 0.497 e. The highest BCUT2D eigenvalue weighted by Crippen LogP contribution is 2.21. The summed E-state index contributed by atoms with van der Waals surface area (Å²) in [4.78, 5) is 11.5. The van der Waals surface area contributed by atoms with Crippen LogP contribution in [0.1, 0.15) is 13.3 Å². The van der Waals surface area contributed by atoms with Crippen LogP contribution in [-0.4, -0.2) is 32.3 Å². The molecule has 1 unspecified atom stereocenters. The third kappa shape index (κ3) is 3.63. The number of amides is 1. The van der Waals surface area contributed by atoms with E-state index in [4.69, 9.17) is 15.2 Å². The Kier molecular flexibility index (Phi) is 4.97. The number of nitrogens with two attached hydrogens (primary N) is 1. The minimum atomic E-state index is -0.829. The first-order valence-corrected chi connectivity index (χ1v) is 5.73. The van der Waals surface area contributed by atoms with E-state index >= 15 is 0 Å². The van der Waals surface area contributed by atoms with Crippen molar-refractivity contribution in [2.75, 3.05) is 26.1 Å². The van der Waals surface area contributed by atoms with Crippen molar-refractivity contribution in [2.24, 2.45) is 5.73 Å². The molecule has 1 aromatic carbocycles. The lowest BCUT2D eigenvalue weighted by atomic mass is 9.97. The van der Waals surface area contributed by atoms with Crippen LogP contribution in [0.4, 0.5) is 5.69 Å². The topological polar surface area (TPSA) is 73.6 Å². The number of rotatable bonds is 7. The Morgan fingerprint density at radius 1 is 1.33 bits per heavy atom. The molecule has 3 N–H and O–H groups in total. The second-order valence-electron chi connectivity index (χ2n) is 4.29. The Morgan fingerprint density at radius 3 is 2.39 bits per heavy atom. The Balaban J connectivity index is 2.79. The summed E-state index contributed by atoms with van der Waals surface area (Å²) in [7, 11) is 3.20. The van der Waals surface area contributed by atoms with Gasteiger partial charge in [-0.3, -0.25) is 4.79 Å². The van der Waals surface area contributed by atoms with E-state index in [0.717, 1.165) is 11.4 Å². The smallest absolute Gasteiger partial charge is 0.242 e. The Bertz CT molecular complexity index is 392. The molecule has 0 saturated carbocycles. The normalized spacial score (nSPS) is 13.7. The van der Waals surface area contributed by atoms with Crippen molar-refractivity contribution in [3.8, 4) is 5.75 Å². The molecular formula is C13H20N2O3. The third-order valence-corrected chi connectivity index (χ3v) is 2.86. The first kappa shape index (κ1) is 14.3. The fourth-order valence-electron chi connectivity index (χ4n) is 1.55. The average molecular weight is 252 g/mol. The zero-order valence-corrected chi connectivity index (χ0v) is 11.0. The van der Waals surface area contributed by atoms with Crippen molar-refractivity contribution in [1.82, 2.24) is 0 Å². The van der Waals surface area contributed by atoms with Gasteiger partial charge < -0.3 is 20.5 Å². The van der Waals surface area contributed by atoms with Crippen LogP contribution < -0.4 is 15.8 Å². The van der Waals surface area contributed by atoms with E-state index in [9.17, 15) is 4.79 Å². The molecule has 1 amide bonds. The highest BCUT2D eigenvalue weighted by Gasteiger charge is 2.30. The molecule has 0 aliphatic heterocycles. The predicted octanol–water partition coefficient (Wildman–Crippen LogP) is 1.39. The van der Waals surface area contributed by atoms with Gasteiger partial charge in [0.25, 0.3) is 0 Å². The molecule has 0 spiro atoms. The van der Waals surface area contributed by atoms with Gasteiger partial charge in [-0.2, -0.15) is 0 Å². The molecule has 1 aromatic rings. The first-order valence-electron chi connectivity index (χ1n) is 5.73. The number of carbonyl (C=O) groups excluding carboxylic acids is 1. The lowest BCUT2D eigenvalue weighted by Gasteiger charge is -2.28. The number of hydrogen-bond donors (Lipinski definition) is 2. The lowest BCUT2D eigenvalue weighted by Crippen LogP contribution is -2.48. The second-order valence-corrected chi connectivity index (χ2v) is 4.29. The SMILES string of the molecule is COCCC(C)(Nc1ccc(OC)cc1)C(N)=O. The zero-order valence-electron chi connectivity index (χ0n) is 11.0. The molecular weight excluding hydrogens is 232 g/mol. The van der Waals surface area contributed by atoms with Crippen molar-refractivity contribution < 1.29 is 14.3 Å². The maximum atomic E-state index is 11.5. The minimum absolute atomic E-state index is 0.407. The van der Waals surface area contributed by atoms with Crippen molar-refractivity contribution in [3.63, 3.8) is 0 Å². The summed E-state index contributed by atoms with van der Waals surface area (Å²) in [5.74, 6) is 0.355. The summed E-state index contributed by atoms with van der Waals surface area (Å²) in [5, 5.41) is 3.13. The molecule has 1 atom stereocenters. The van der Waals surface area contributed by atoms with Gasteiger partial charge in [0.15, 0.2) is 0 Å². The number of methoxy groups -OCH3 is 2. The summed E-state index contributed by atoms with van der Waals surface area (Å²) < 4.78 is 10.1. The second kappa shape index (κ2) is 6.26. The summed E-state index contributed by atoms with van der Waals surface area (Å²) >= 11 is 0. The van der Waals surface area contributed by atoms with Gasteiger partial charge in [-0.1, -0.05) is 0 Å². The van der Waals surface area contributed by atoms with E-state index in [1.54, 1.807) is 21.1 Å². The van der Waals surface area contributed by atoms with Crippen molar-refractivity contribution in [1.29, 1.82) is 0 Å². The molecule has 0 aliphatic rings. The predicted molar refractivity (Wildman–Crippen MR) is 70.7 cm³/mol. The quantitative estimate of drug-likeness (QED) is 0.769. The van der Waals surface area contributed by atoms with Gasteiger partial charge in [0, 0.05) is 25.8 Å². The molecule has 0 fully saturated rings. The van der Waals surface area contributed by atoms with Crippen LogP contribution in [0.15, 0.2) is 24.3 Å². The fourth-order valence-corrected chi connectivity index (χ4v) is 1.55. The van der Waals surface area contributed by atoms with Crippen LogP contribution in [-0.2, 0) is 9.53 Å². The van der Waals surface area contributed by atoms with Gasteiger partial charge in [-0.05, 0) is 31.2 Å². The molecule has 0 bridgehead atoms. The van der Waals surface area contributed by atoms with Crippen LogP contribution >= 0.6 is 0 Å².